The molecule has 4 rings (SSSR count). The van der Waals surface area contributed by atoms with Crippen molar-refractivity contribution < 1.29 is 4.79 Å². The van der Waals surface area contributed by atoms with Crippen LogP contribution in [-0.2, 0) is 4.79 Å². The van der Waals surface area contributed by atoms with Crippen molar-refractivity contribution in [2.75, 3.05) is 18.1 Å². The number of amides is 1. The van der Waals surface area contributed by atoms with Crippen molar-refractivity contribution in [3.05, 3.63) is 49.0 Å². The number of hydrazone groups is 1. The second-order valence-corrected chi connectivity index (χ2v) is 10.6. The third-order valence-corrected chi connectivity index (χ3v) is 7.51. The number of hydrogen-bond donors (Lipinski definition) is 1. The van der Waals surface area contributed by atoms with E-state index in [4.69, 9.17) is 28.3 Å². The minimum atomic E-state index is -0.146. The molecular weight excluding hydrogens is 495 g/mol. The van der Waals surface area contributed by atoms with Crippen molar-refractivity contribution in [2.45, 2.75) is 32.2 Å². The van der Waals surface area contributed by atoms with Gasteiger partial charge >= 0.3 is 0 Å². The first-order valence-electron chi connectivity index (χ1n) is 9.58. The number of thiophene rings is 1. The van der Waals surface area contributed by atoms with Crippen LogP contribution in [0.25, 0.3) is 0 Å². The molecule has 29 heavy (non-hydrogen) atoms. The Balaban J connectivity index is 1.67. The summed E-state index contributed by atoms with van der Waals surface area (Å²) in [6.07, 6.45) is 3.41. The second kappa shape index (κ2) is 8.94. The summed E-state index contributed by atoms with van der Waals surface area (Å²) >= 11 is 17.8. The predicted molar refractivity (Wildman–Crippen MR) is 124 cm³/mol. The molecule has 0 aliphatic carbocycles. The van der Waals surface area contributed by atoms with E-state index in [0.717, 1.165) is 40.3 Å². The van der Waals surface area contributed by atoms with Gasteiger partial charge in [-0.1, -0.05) is 36.5 Å². The SMILES string of the molecule is CC1C(C(=O)NN2CCCCC2)=NN(c2ccc(Cl)cc2Cl)C1c1ccc(Br)s1. The maximum atomic E-state index is 13.1. The van der Waals surface area contributed by atoms with Gasteiger partial charge in [-0.2, -0.15) is 5.10 Å². The standard InChI is InChI=1S/C20H21BrCl2N4OS/c1-12-18(20(28)25-26-9-3-2-4-10-26)24-27(15-6-5-13(22)11-14(15)23)19(12)16-7-8-17(21)29-16/h5-8,11-12,19H,2-4,9-10H2,1H3,(H,25,28). The van der Waals surface area contributed by atoms with Gasteiger partial charge in [0.25, 0.3) is 5.91 Å². The molecule has 1 aromatic heterocycles. The number of rotatable bonds is 4. The second-order valence-electron chi connectivity index (χ2n) is 7.29. The Labute approximate surface area is 192 Å². The lowest BCUT2D eigenvalue weighted by molar-refractivity contribution is -0.120. The number of halogens is 3. The molecule has 0 bridgehead atoms. The number of carbonyl (C=O) groups excluding carboxylic acids is 1. The van der Waals surface area contributed by atoms with Crippen molar-refractivity contribution >= 4 is 67.8 Å². The molecule has 1 amide bonds. The average molecular weight is 516 g/mol. The summed E-state index contributed by atoms with van der Waals surface area (Å²) in [6.45, 7) is 3.79. The largest absolute Gasteiger partial charge is 0.284 e. The number of anilines is 1. The molecule has 2 aliphatic heterocycles. The third-order valence-electron chi connectivity index (χ3n) is 5.27. The van der Waals surface area contributed by atoms with Gasteiger partial charge in [-0.3, -0.25) is 15.2 Å². The minimum Gasteiger partial charge on any atom is -0.284 e. The number of nitrogens with zero attached hydrogens (tertiary/aromatic N) is 3. The molecule has 154 valence electrons. The minimum absolute atomic E-state index is 0.0999. The van der Waals surface area contributed by atoms with Gasteiger partial charge in [0.2, 0.25) is 0 Å². The van der Waals surface area contributed by atoms with Crippen molar-refractivity contribution in [3.8, 4) is 0 Å². The molecule has 1 N–H and O–H groups in total. The van der Waals surface area contributed by atoms with Crippen LogP contribution >= 0.6 is 50.5 Å². The number of hydrazine groups is 1. The van der Waals surface area contributed by atoms with Crippen molar-refractivity contribution in [3.63, 3.8) is 0 Å². The Hall–Kier alpha value is -1.12. The topological polar surface area (TPSA) is 47.9 Å². The van der Waals surface area contributed by atoms with Crippen LogP contribution in [0.5, 0.6) is 0 Å². The van der Waals surface area contributed by atoms with Crippen molar-refractivity contribution in [1.82, 2.24) is 10.4 Å². The van der Waals surface area contributed by atoms with E-state index in [2.05, 4.69) is 27.4 Å². The molecule has 9 heteroatoms. The Morgan fingerprint density at radius 2 is 1.97 bits per heavy atom. The highest BCUT2D eigenvalue weighted by molar-refractivity contribution is 9.11. The summed E-state index contributed by atoms with van der Waals surface area (Å²) in [5.41, 5.74) is 4.29. The van der Waals surface area contributed by atoms with Gasteiger partial charge < -0.3 is 0 Å². The van der Waals surface area contributed by atoms with Gasteiger partial charge in [-0.05, 0) is 59.1 Å². The number of carbonyl (C=O) groups is 1. The van der Waals surface area contributed by atoms with Crippen LogP contribution in [0.15, 0.2) is 39.2 Å². The van der Waals surface area contributed by atoms with Gasteiger partial charge in [0.1, 0.15) is 5.71 Å². The molecule has 2 unspecified atom stereocenters. The lowest BCUT2D eigenvalue weighted by Crippen LogP contribution is -2.48. The van der Waals surface area contributed by atoms with Gasteiger partial charge in [-0.25, -0.2) is 5.01 Å². The summed E-state index contributed by atoms with van der Waals surface area (Å²) < 4.78 is 1.04. The quantitative estimate of drug-likeness (QED) is 0.552. The fourth-order valence-corrected chi connectivity index (χ4v) is 5.92. The fourth-order valence-electron chi connectivity index (χ4n) is 3.81. The molecule has 0 saturated carbocycles. The van der Waals surface area contributed by atoms with E-state index in [-0.39, 0.29) is 17.9 Å². The van der Waals surface area contributed by atoms with Gasteiger partial charge in [0.15, 0.2) is 0 Å². The van der Waals surface area contributed by atoms with E-state index in [0.29, 0.717) is 15.8 Å². The number of piperidine rings is 1. The van der Waals surface area contributed by atoms with E-state index >= 15 is 0 Å². The maximum Gasteiger partial charge on any atom is 0.282 e. The first-order valence-corrected chi connectivity index (χ1v) is 11.9. The third kappa shape index (κ3) is 4.49. The van der Waals surface area contributed by atoms with Crippen molar-refractivity contribution in [1.29, 1.82) is 0 Å². The van der Waals surface area contributed by atoms with Crippen LogP contribution in [0.2, 0.25) is 10.0 Å². The molecule has 1 fully saturated rings. The normalized spacial score (nSPS) is 22.6. The molecule has 2 aliphatic rings. The van der Waals surface area contributed by atoms with Crippen LogP contribution in [0.1, 0.15) is 37.1 Å². The highest BCUT2D eigenvalue weighted by atomic mass is 79.9. The first-order chi connectivity index (χ1) is 13.9. The maximum absolute atomic E-state index is 13.1. The van der Waals surface area contributed by atoms with E-state index in [1.807, 2.05) is 29.1 Å². The van der Waals surface area contributed by atoms with Crippen LogP contribution in [0.4, 0.5) is 5.69 Å². The van der Waals surface area contributed by atoms with Crippen LogP contribution in [0, 0.1) is 5.92 Å². The van der Waals surface area contributed by atoms with Crippen LogP contribution in [-0.4, -0.2) is 29.7 Å². The molecule has 1 aromatic carbocycles. The van der Waals surface area contributed by atoms with E-state index in [1.165, 1.54) is 6.42 Å². The highest BCUT2D eigenvalue weighted by Gasteiger charge is 2.41. The lowest BCUT2D eigenvalue weighted by Gasteiger charge is -2.27. The predicted octanol–water partition coefficient (Wildman–Crippen LogP) is 5.89. The first kappa shape index (κ1) is 21.1. The Morgan fingerprint density at radius 1 is 1.21 bits per heavy atom. The zero-order chi connectivity index (χ0) is 20.5. The molecular formula is C20H21BrCl2N4OS. The summed E-state index contributed by atoms with van der Waals surface area (Å²) in [5.74, 6) is -0.246. The van der Waals surface area contributed by atoms with E-state index in [1.54, 1.807) is 23.5 Å². The Kier molecular flexibility index (Phi) is 6.51. The average Bonchev–Trinajstić information content (AvgIpc) is 3.25. The molecule has 1 saturated heterocycles. The molecule has 2 aromatic rings. The highest BCUT2D eigenvalue weighted by Crippen LogP contribution is 2.44. The molecule has 0 spiro atoms. The summed E-state index contributed by atoms with van der Waals surface area (Å²) in [5, 5.41) is 9.66. The summed E-state index contributed by atoms with van der Waals surface area (Å²) in [6, 6.07) is 9.30. The monoisotopic (exact) mass is 514 g/mol. The van der Waals surface area contributed by atoms with E-state index in [9.17, 15) is 4.79 Å². The van der Waals surface area contributed by atoms with Gasteiger partial charge in [0, 0.05) is 28.9 Å². The Bertz CT molecular complexity index is 944. The number of hydrogen-bond acceptors (Lipinski definition) is 5. The zero-order valence-electron chi connectivity index (χ0n) is 15.9. The summed E-state index contributed by atoms with van der Waals surface area (Å²) in [7, 11) is 0. The van der Waals surface area contributed by atoms with Crippen LogP contribution in [0.3, 0.4) is 0 Å². The summed E-state index contributed by atoms with van der Waals surface area (Å²) in [4.78, 5) is 14.2. The zero-order valence-corrected chi connectivity index (χ0v) is 19.8. The molecule has 5 nitrogen and oxygen atoms in total. The molecule has 0 radical (unpaired) electrons. The lowest BCUT2D eigenvalue weighted by atomic mass is 9.95. The smallest absolute Gasteiger partial charge is 0.282 e. The fraction of sp³-hybridized carbons (Fsp3) is 0.400. The van der Waals surface area contributed by atoms with E-state index < -0.39 is 0 Å². The molecule has 2 atom stereocenters. The number of benzene rings is 1. The number of nitrogens with one attached hydrogen (secondary N) is 1. The van der Waals surface area contributed by atoms with Crippen LogP contribution < -0.4 is 10.4 Å². The Morgan fingerprint density at radius 3 is 2.62 bits per heavy atom. The van der Waals surface area contributed by atoms with Gasteiger partial charge in [-0.15, -0.1) is 11.3 Å². The molecule has 3 heterocycles. The van der Waals surface area contributed by atoms with Crippen molar-refractivity contribution in [2.24, 2.45) is 11.0 Å². The van der Waals surface area contributed by atoms with Gasteiger partial charge in [0.05, 0.1) is 20.5 Å².